The van der Waals surface area contributed by atoms with Crippen LogP contribution in [0.25, 0.3) is 0 Å². The molecule has 8 aliphatic rings. The van der Waals surface area contributed by atoms with E-state index in [-0.39, 0.29) is 89.0 Å². The van der Waals surface area contributed by atoms with Gasteiger partial charge in [0.15, 0.2) is 49.6 Å². The van der Waals surface area contributed by atoms with Gasteiger partial charge in [-0.2, -0.15) is 0 Å². The zero-order valence-electron chi connectivity index (χ0n) is 79.0. The fourth-order valence-corrected chi connectivity index (χ4v) is 19.5. The van der Waals surface area contributed by atoms with Gasteiger partial charge in [0.2, 0.25) is 0 Å². The number of carbonyl (C=O) groups is 16. The standard InChI is InChI=1S/C113H88N4O33/c1-135-110-83(115-96(121)72-52-28-29-53-73(72)97(115)122)91(145-107(132)67-44-20-7-21-45-67)87(79(141-110)59-137-103(128)63-36-12-3-13-37-63)149-112-85(117-100(125)76-56-32-33-57-77(76)101(117)126)93(147-109(134)69-48-24-9-25-49-69)89(81(143-112)61-139-105(130)65-40-16-5-17-41-65)150-113-84(116-98(123)74-54-30-31-55-75(74)99(116)124)92(146-108(133)68-46-22-8-23-47-68)88(80(142-113)60-138-104(129)64-38-14-4-15-39-64)148-111-82(114-94(119)70-50-26-27-51-71(70)95(114)120)90(144-106(131)66-42-18-6-19-43-66)86(118)78(140-111)58-136-102(127)62-34-10-2-11-35-62/h2-57,78-93,110-113,118H,58-61H2,1H3/t78?,79?,80?,81?,82-,83+,84+,85-,86+,87?,88?,89+,90?,91-,92-,93?,110?,111-,112-,113?/m1/s1. The van der Waals surface area contributed by atoms with Crippen LogP contribution in [0.2, 0.25) is 0 Å². The molecule has 0 spiro atoms. The highest BCUT2D eigenvalue weighted by Crippen LogP contribution is 2.47. The lowest BCUT2D eigenvalue weighted by Crippen LogP contribution is -2.73. The molecule has 20 rings (SSSR count). The van der Waals surface area contributed by atoms with Crippen molar-refractivity contribution < 1.29 is 158 Å². The van der Waals surface area contributed by atoms with E-state index in [9.17, 15) is 14.7 Å². The van der Waals surface area contributed by atoms with Crippen molar-refractivity contribution in [3.05, 3.63) is 429 Å². The number of rotatable bonds is 31. The fourth-order valence-electron chi connectivity index (χ4n) is 19.5. The molecule has 37 nitrogen and oxygen atoms in total. The number of benzene rings is 12. The average Bonchev–Trinajstić information content (AvgIpc) is 1.50. The van der Waals surface area contributed by atoms with Crippen molar-refractivity contribution >= 4 is 95.0 Å². The highest BCUT2D eigenvalue weighted by Gasteiger charge is 2.67. The van der Waals surface area contributed by atoms with Gasteiger partial charge in [0.25, 0.3) is 47.3 Å². The van der Waals surface area contributed by atoms with E-state index in [0.29, 0.717) is 19.6 Å². The molecule has 10 unspecified atom stereocenters. The Bertz CT molecular complexity index is 7060. The molecule has 37 heteroatoms. The molecule has 8 amide bonds. The number of hydrogen-bond donors (Lipinski definition) is 1. The average molecular weight is 2030 g/mol. The Morgan fingerprint density at radius 1 is 0.220 bits per heavy atom. The van der Waals surface area contributed by atoms with Crippen molar-refractivity contribution in [2.75, 3.05) is 33.5 Å². The molecular formula is C113H88N4O33. The second-order valence-electron chi connectivity index (χ2n) is 35.6. The first-order valence-electron chi connectivity index (χ1n) is 47.6. The van der Waals surface area contributed by atoms with Crippen LogP contribution in [0.4, 0.5) is 0 Å². The third-order valence-corrected chi connectivity index (χ3v) is 26.6. The van der Waals surface area contributed by atoms with Gasteiger partial charge in [-0.25, -0.2) is 38.4 Å². The molecule has 8 heterocycles. The summed E-state index contributed by atoms with van der Waals surface area (Å²) in [5.74, 6) is -18.6. The van der Waals surface area contributed by atoms with Crippen molar-refractivity contribution in [3.8, 4) is 0 Å². The van der Waals surface area contributed by atoms with Crippen LogP contribution >= 0.6 is 0 Å². The molecule has 150 heavy (non-hydrogen) atoms. The van der Waals surface area contributed by atoms with E-state index in [4.69, 9.17) is 75.8 Å². The zero-order valence-corrected chi connectivity index (χ0v) is 79.0. The third kappa shape index (κ3) is 19.8. The van der Waals surface area contributed by atoms with Crippen molar-refractivity contribution in [3.63, 3.8) is 0 Å². The normalized spacial score (nSPS) is 25.1. The number of nitrogens with zero attached hydrogens (tertiary/aromatic N) is 4. The molecule has 12 aromatic carbocycles. The molecule has 0 aliphatic carbocycles. The summed E-state index contributed by atoms with van der Waals surface area (Å²) in [6, 6.07) is 70.3. The molecule has 758 valence electrons. The second kappa shape index (κ2) is 43.7. The smallest absolute Gasteiger partial charge is 0.338 e. The minimum absolute atomic E-state index is 0.0238. The Labute approximate surface area is 852 Å². The molecule has 8 aliphatic heterocycles. The van der Waals surface area contributed by atoms with Crippen LogP contribution in [0.1, 0.15) is 166 Å². The Morgan fingerprint density at radius 2 is 0.387 bits per heavy atom. The molecular weight excluding hydrogens is 1940 g/mol. The molecule has 20 atom stereocenters. The monoisotopic (exact) mass is 2030 g/mol. The highest BCUT2D eigenvalue weighted by molar-refractivity contribution is 6.24. The molecule has 4 fully saturated rings. The first kappa shape index (κ1) is 99.9. The van der Waals surface area contributed by atoms with Crippen molar-refractivity contribution in [1.29, 1.82) is 0 Å². The highest BCUT2D eigenvalue weighted by atomic mass is 16.8. The van der Waals surface area contributed by atoms with Crippen molar-refractivity contribution in [2.24, 2.45) is 0 Å². The van der Waals surface area contributed by atoms with Gasteiger partial charge in [-0.3, -0.25) is 58.0 Å². The summed E-state index contributed by atoms with van der Waals surface area (Å²) in [4.78, 5) is 253. The van der Waals surface area contributed by atoms with Crippen LogP contribution in [0, 0.1) is 0 Å². The lowest BCUT2D eigenvalue weighted by Gasteiger charge is -2.53. The van der Waals surface area contributed by atoms with Gasteiger partial charge in [0.1, 0.15) is 99.4 Å². The summed E-state index contributed by atoms with van der Waals surface area (Å²) < 4.78 is 109. The SMILES string of the molecule is COC1OC(COC(=O)c2ccccc2)C(O[C@H]2OC(COC(=O)c3ccccc3)[C@H](OC3OC(COC(=O)c4ccccc4)C(O[C@H]4OC(COC(=O)c5ccccc5)[C@H](O)C(OC(=O)c5ccccc5)[C@H]4N4C(=O)c5ccccc5C4=O)[C@H](OC(=O)c4ccccc4)[C@@H]3N3C(=O)c4ccccc4C3=O)C(OC(=O)c3ccccc3)[C@H]2N2C(=O)c3ccccc3C2=O)[C@H](OC(=O)c2ccccc2)[C@@H]1N1C(=O)c2ccccc2C1=O. The van der Waals surface area contributed by atoms with E-state index in [0.717, 1.165) is 7.11 Å². The predicted molar refractivity (Wildman–Crippen MR) is 515 cm³/mol. The fraction of sp³-hybridized carbons (Fsp3) is 0.221. The number of methoxy groups -OCH3 is 1. The summed E-state index contributed by atoms with van der Waals surface area (Å²) >= 11 is 0. The van der Waals surface area contributed by atoms with Gasteiger partial charge in [0.05, 0.1) is 89.0 Å². The number of ether oxygens (including phenoxy) is 16. The van der Waals surface area contributed by atoms with Gasteiger partial charge in [0, 0.05) is 7.11 Å². The van der Waals surface area contributed by atoms with Crippen LogP contribution in [0.5, 0.6) is 0 Å². The van der Waals surface area contributed by atoms with Gasteiger partial charge >= 0.3 is 47.8 Å². The number of esters is 8. The molecule has 0 radical (unpaired) electrons. The van der Waals surface area contributed by atoms with Gasteiger partial charge in [-0.05, 0) is 146 Å². The molecule has 12 aromatic rings. The maximum atomic E-state index is 16.5. The first-order chi connectivity index (χ1) is 73.0. The molecule has 0 bridgehead atoms. The quantitative estimate of drug-likeness (QED) is 0.0239. The Hall–Kier alpha value is -17.4. The summed E-state index contributed by atoms with van der Waals surface area (Å²) in [5, 5.41) is 13.2. The minimum Gasteiger partial charge on any atom is -0.459 e. The minimum atomic E-state index is -2.71. The number of aliphatic hydroxyl groups is 1. The van der Waals surface area contributed by atoms with E-state index in [1.165, 1.54) is 303 Å². The Balaban J connectivity index is 0.804. The lowest BCUT2D eigenvalue weighted by molar-refractivity contribution is -0.368. The van der Waals surface area contributed by atoms with Crippen molar-refractivity contribution in [2.45, 2.75) is 123 Å². The summed E-state index contributed by atoms with van der Waals surface area (Å²) in [6.07, 6.45) is -37.6. The van der Waals surface area contributed by atoms with Crippen LogP contribution in [0.3, 0.4) is 0 Å². The molecule has 0 aromatic heterocycles. The third-order valence-electron chi connectivity index (χ3n) is 26.6. The van der Waals surface area contributed by atoms with Gasteiger partial charge < -0.3 is 80.9 Å². The maximum Gasteiger partial charge on any atom is 0.338 e. The molecule has 1 N–H and O–H groups in total. The van der Waals surface area contributed by atoms with Crippen LogP contribution in [0.15, 0.2) is 340 Å². The van der Waals surface area contributed by atoms with Crippen LogP contribution in [-0.2, 0) is 75.8 Å². The molecule has 4 saturated heterocycles. The molecule has 0 saturated carbocycles. The van der Waals surface area contributed by atoms with E-state index in [1.807, 2.05) is 0 Å². The maximum absolute atomic E-state index is 16.5. The van der Waals surface area contributed by atoms with Crippen LogP contribution in [-0.4, -0.2) is 276 Å². The van der Waals surface area contributed by atoms with E-state index in [2.05, 4.69) is 0 Å². The number of imide groups is 4. The Morgan fingerprint density at radius 3 is 0.600 bits per heavy atom. The topological polar surface area (TPSA) is 454 Å². The summed E-state index contributed by atoms with van der Waals surface area (Å²) in [6.45, 7) is -4.40. The van der Waals surface area contributed by atoms with E-state index >= 15 is 67.1 Å². The summed E-state index contributed by atoms with van der Waals surface area (Å²) in [7, 11) is 1.12. The van der Waals surface area contributed by atoms with Crippen molar-refractivity contribution in [1.82, 2.24) is 19.6 Å². The van der Waals surface area contributed by atoms with Gasteiger partial charge in [-0.15, -0.1) is 0 Å². The predicted octanol–water partition coefficient (Wildman–Crippen LogP) is 11.0. The Kier molecular flexibility index (Phi) is 29.1. The van der Waals surface area contributed by atoms with E-state index in [1.54, 1.807) is 36.4 Å². The largest absolute Gasteiger partial charge is 0.459 e. The number of hydrogen-bond acceptors (Lipinski definition) is 33. The second-order valence-corrected chi connectivity index (χ2v) is 35.6. The van der Waals surface area contributed by atoms with Gasteiger partial charge in [-0.1, -0.05) is 194 Å². The lowest BCUT2D eigenvalue weighted by atomic mass is 9.91. The zero-order chi connectivity index (χ0) is 104. The summed E-state index contributed by atoms with van der Waals surface area (Å²) in [5.41, 5.74) is -3.40. The van der Waals surface area contributed by atoms with Crippen LogP contribution < -0.4 is 0 Å². The number of fused-ring (bicyclic) bond motifs is 4. The number of aliphatic hydroxyl groups excluding tert-OH is 1. The number of amides is 8. The first-order valence-corrected chi connectivity index (χ1v) is 47.6. The number of carbonyl (C=O) groups excluding carboxylic acids is 16. The van der Waals surface area contributed by atoms with E-state index < -0.39 is 244 Å².